The molecular formula is C9H10BrN3O3. The van der Waals surface area contributed by atoms with Crippen molar-refractivity contribution >= 4 is 39.3 Å². The molecule has 16 heavy (non-hydrogen) atoms. The standard InChI is InChI=1S/C9H10BrN3O3/c10-5-1-2-6(11)7(3-5)13-8(14)4-12-9(15)16/h1-3,12H,4,11H2,(H,13,14)(H,15,16). The molecule has 0 heterocycles. The second-order valence-electron chi connectivity index (χ2n) is 2.94. The lowest BCUT2D eigenvalue weighted by molar-refractivity contribution is -0.115. The SMILES string of the molecule is Nc1ccc(Br)cc1NC(=O)CNC(=O)O. The summed E-state index contributed by atoms with van der Waals surface area (Å²) in [6, 6.07) is 5.00. The Kier molecular flexibility index (Phi) is 4.12. The first kappa shape index (κ1) is 12.3. The molecule has 0 unspecified atom stereocenters. The Morgan fingerprint density at radius 3 is 2.75 bits per heavy atom. The zero-order chi connectivity index (χ0) is 12.1. The molecule has 0 bridgehead atoms. The molecule has 7 heteroatoms. The molecule has 0 saturated heterocycles. The number of rotatable bonds is 3. The van der Waals surface area contributed by atoms with E-state index in [2.05, 4.69) is 21.2 Å². The number of carboxylic acid groups (broad SMARTS) is 1. The van der Waals surface area contributed by atoms with Crippen LogP contribution < -0.4 is 16.4 Å². The lowest BCUT2D eigenvalue weighted by Gasteiger charge is -2.08. The van der Waals surface area contributed by atoms with Crippen molar-refractivity contribution in [3.05, 3.63) is 22.7 Å². The third kappa shape index (κ3) is 3.77. The number of benzene rings is 1. The van der Waals surface area contributed by atoms with Gasteiger partial charge in [-0.1, -0.05) is 15.9 Å². The number of nitrogens with two attached hydrogens (primary N) is 1. The molecule has 0 saturated carbocycles. The smallest absolute Gasteiger partial charge is 0.405 e. The zero-order valence-corrected chi connectivity index (χ0v) is 9.74. The lowest BCUT2D eigenvalue weighted by Crippen LogP contribution is -2.31. The Bertz CT molecular complexity index is 422. The topological polar surface area (TPSA) is 104 Å². The number of nitrogens with one attached hydrogen (secondary N) is 2. The van der Waals surface area contributed by atoms with Crippen LogP contribution in [0.4, 0.5) is 16.2 Å². The number of hydrogen-bond acceptors (Lipinski definition) is 3. The van der Waals surface area contributed by atoms with Crippen LogP contribution in [0, 0.1) is 0 Å². The summed E-state index contributed by atoms with van der Waals surface area (Å²) in [4.78, 5) is 21.4. The Balaban J connectivity index is 2.62. The van der Waals surface area contributed by atoms with Crippen molar-refractivity contribution in [3.8, 4) is 0 Å². The van der Waals surface area contributed by atoms with Gasteiger partial charge in [-0.15, -0.1) is 0 Å². The summed E-state index contributed by atoms with van der Waals surface area (Å²) in [7, 11) is 0. The summed E-state index contributed by atoms with van der Waals surface area (Å²) in [5.41, 5.74) is 6.47. The van der Waals surface area contributed by atoms with Crippen molar-refractivity contribution in [3.63, 3.8) is 0 Å². The predicted molar refractivity (Wildman–Crippen MR) is 63.2 cm³/mol. The van der Waals surface area contributed by atoms with E-state index in [9.17, 15) is 9.59 Å². The molecular weight excluding hydrogens is 278 g/mol. The van der Waals surface area contributed by atoms with Crippen LogP contribution >= 0.6 is 15.9 Å². The van der Waals surface area contributed by atoms with E-state index in [0.29, 0.717) is 11.4 Å². The molecule has 2 amide bonds. The van der Waals surface area contributed by atoms with E-state index in [0.717, 1.165) is 4.47 Å². The van der Waals surface area contributed by atoms with Gasteiger partial charge in [0.05, 0.1) is 11.4 Å². The highest BCUT2D eigenvalue weighted by molar-refractivity contribution is 9.10. The fourth-order valence-electron chi connectivity index (χ4n) is 0.987. The highest BCUT2D eigenvalue weighted by atomic mass is 79.9. The molecule has 0 aromatic heterocycles. The Morgan fingerprint density at radius 2 is 2.12 bits per heavy atom. The summed E-state index contributed by atoms with van der Waals surface area (Å²) in [6.07, 6.45) is -1.25. The summed E-state index contributed by atoms with van der Waals surface area (Å²) in [5, 5.41) is 12.7. The largest absolute Gasteiger partial charge is 0.465 e. The van der Waals surface area contributed by atoms with Crippen molar-refractivity contribution in [2.24, 2.45) is 0 Å². The van der Waals surface area contributed by atoms with Gasteiger partial charge in [-0.3, -0.25) is 4.79 Å². The van der Waals surface area contributed by atoms with Crippen molar-refractivity contribution in [1.82, 2.24) is 5.32 Å². The molecule has 86 valence electrons. The summed E-state index contributed by atoms with van der Waals surface area (Å²) >= 11 is 3.23. The Hall–Kier alpha value is -1.76. The molecule has 5 N–H and O–H groups in total. The van der Waals surface area contributed by atoms with Crippen molar-refractivity contribution in [1.29, 1.82) is 0 Å². The Labute approximate surface area is 100.0 Å². The minimum absolute atomic E-state index is 0.318. The predicted octanol–water partition coefficient (Wildman–Crippen LogP) is 1.24. The molecule has 0 aliphatic rings. The fraction of sp³-hybridized carbons (Fsp3) is 0.111. The van der Waals surface area contributed by atoms with E-state index >= 15 is 0 Å². The maximum Gasteiger partial charge on any atom is 0.405 e. The summed E-state index contributed by atoms with van der Waals surface area (Å²) in [5.74, 6) is -0.479. The van der Waals surface area contributed by atoms with Crippen LogP contribution in [-0.2, 0) is 4.79 Å². The quantitative estimate of drug-likeness (QED) is 0.628. The molecule has 0 atom stereocenters. The number of hydrogen-bond donors (Lipinski definition) is 4. The number of carbonyl (C=O) groups is 2. The third-order valence-electron chi connectivity index (χ3n) is 1.69. The number of halogens is 1. The van der Waals surface area contributed by atoms with Crippen LogP contribution in [0.3, 0.4) is 0 Å². The average molecular weight is 288 g/mol. The normalized spacial score (nSPS) is 9.56. The highest BCUT2D eigenvalue weighted by Gasteiger charge is 2.06. The van der Waals surface area contributed by atoms with Gasteiger partial charge in [-0.05, 0) is 18.2 Å². The molecule has 1 rings (SSSR count). The molecule has 6 nitrogen and oxygen atoms in total. The third-order valence-corrected chi connectivity index (χ3v) is 2.18. The van der Waals surface area contributed by atoms with E-state index in [-0.39, 0.29) is 6.54 Å². The lowest BCUT2D eigenvalue weighted by atomic mass is 10.2. The van der Waals surface area contributed by atoms with Crippen molar-refractivity contribution < 1.29 is 14.7 Å². The van der Waals surface area contributed by atoms with Gasteiger partial charge >= 0.3 is 6.09 Å². The van der Waals surface area contributed by atoms with Gasteiger partial charge in [0, 0.05) is 4.47 Å². The van der Waals surface area contributed by atoms with Crippen LogP contribution in [0.1, 0.15) is 0 Å². The van der Waals surface area contributed by atoms with E-state index in [1.165, 1.54) is 0 Å². The second kappa shape index (κ2) is 5.36. The molecule has 0 aliphatic carbocycles. The van der Waals surface area contributed by atoms with Gasteiger partial charge in [-0.2, -0.15) is 0 Å². The average Bonchev–Trinajstić information content (AvgIpc) is 2.20. The van der Waals surface area contributed by atoms with Crippen molar-refractivity contribution in [2.75, 3.05) is 17.6 Å². The first-order chi connectivity index (χ1) is 7.49. The minimum Gasteiger partial charge on any atom is -0.465 e. The van der Waals surface area contributed by atoms with Crippen LogP contribution in [0.15, 0.2) is 22.7 Å². The van der Waals surface area contributed by atoms with E-state index < -0.39 is 12.0 Å². The van der Waals surface area contributed by atoms with Crippen LogP contribution in [0.2, 0.25) is 0 Å². The highest BCUT2D eigenvalue weighted by Crippen LogP contribution is 2.22. The second-order valence-corrected chi connectivity index (χ2v) is 3.85. The molecule has 0 aliphatic heterocycles. The van der Waals surface area contributed by atoms with Gasteiger partial charge < -0.3 is 21.5 Å². The van der Waals surface area contributed by atoms with E-state index in [4.69, 9.17) is 10.8 Å². The first-order valence-corrected chi connectivity index (χ1v) is 5.10. The van der Waals surface area contributed by atoms with Crippen LogP contribution in [-0.4, -0.2) is 23.7 Å². The van der Waals surface area contributed by atoms with E-state index in [1.807, 2.05) is 5.32 Å². The van der Waals surface area contributed by atoms with Gasteiger partial charge in [0.25, 0.3) is 0 Å². The summed E-state index contributed by atoms with van der Waals surface area (Å²) in [6.45, 7) is -0.318. The fourth-order valence-corrected chi connectivity index (χ4v) is 1.35. The Morgan fingerprint density at radius 1 is 1.44 bits per heavy atom. The number of amides is 2. The van der Waals surface area contributed by atoms with Gasteiger partial charge in [0.2, 0.25) is 5.91 Å². The number of carbonyl (C=O) groups excluding carboxylic acids is 1. The zero-order valence-electron chi connectivity index (χ0n) is 8.16. The van der Waals surface area contributed by atoms with Gasteiger partial charge in [-0.25, -0.2) is 4.79 Å². The summed E-state index contributed by atoms with van der Waals surface area (Å²) < 4.78 is 0.767. The molecule has 1 aromatic rings. The molecule has 0 spiro atoms. The first-order valence-electron chi connectivity index (χ1n) is 4.30. The van der Waals surface area contributed by atoms with Crippen LogP contribution in [0.5, 0.6) is 0 Å². The molecule has 0 fully saturated rings. The molecule has 1 aromatic carbocycles. The molecule has 0 radical (unpaired) electrons. The van der Waals surface area contributed by atoms with Crippen LogP contribution in [0.25, 0.3) is 0 Å². The van der Waals surface area contributed by atoms with Gasteiger partial charge in [0.15, 0.2) is 0 Å². The monoisotopic (exact) mass is 287 g/mol. The van der Waals surface area contributed by atoms with Gasteiger partial charge in [0.1, 0.15) is 6.54 Å². The number of nitrogen functional groups attached to an aromatic ring is 1. The van der Waals surface area contributed by atoms with Crippen molar-refractivity contribution in [2.45, 2.75) is 0 Å². The maximum atomic E-state index is 11.3. The van der Waals surface area contributed by atoms with E-state index in [1.54, 1.807) is 18.2 Å². The maximum absolute atomic E-state index is 11.3. The minimum atomic E-state index is -1.25. The number of anilines is 2.